The zero-order valence-electron chi connectivity index (χ0n) is 9.57. The van der Waals surface area contributed by atoms with Crippen molar-refractivity contribution in [2.45, 2.75) is 38.6 Å². The van der Waals surface area contributed by atoms with Crippen molar-refractivity contribution in [2.75, 3.05) is 13.2 Å². The molecule has 1 saturated carbocycles. The Hall–Kier alpha value is -1.12. The first kappa shape index (κ1) is 12.9. The van der Waals surface area contributed by atoms with E-state index in [1.807, 2.05) is 6.07 Å². The molecular weight excluding hydrogens is 208 g/mol. The fourth-order valence-electron chi connectivity index (χ4n) is 1.79. The van der Waals surface area contributed by atoms with E-state index in [0.29, 0.717) is 6.61 Å². The van der Waals surface area contributed by atoms with E-state index in [4.69, 9.17) is 10.1 Å². The number of hydrogen-bond acceptors (Lipinski definition) is 4. The molecular formula is C11H18N2O3. The van der Waals surface area contributed by atoms with Crippen LogP contribution in [0.2, 0.25) is 0 Å². The van der Waals surface area contributed by atoms with Crippen LogP contribution in [0.25, 0.3) is 0 Å². The number of nitriles is 1. The van der Waals surface area contributed by atoms with Gasteiger partial charge in [-0.25, -0.2) is 9.78 Å². The van der Waals surface area contributed by atoms with Crippen LogP contribution >= 0.6 is 0 Å². The minimum absolute atomic E-state index is 0.0378. The summed E-state index contributed by atoms with van der Waals surface area (Å²) in [5, 5.41) is 11.5. The summed E-state index contributed by atoms with van der Waals surface area (Å²) >= 11 is 0. The van der Waals surface area contributed by atoms with E-state index in [0.717, 1.165) is 25.7 Å². The summed E-state index contributed by atoms with van der Waals surface area (Å²) in [6.07, 6.45) is 4.06. The molecule has 0 aromatic rings. The molecule has 0 radical (unpaired) electrons. The van der Waals surface area contributed by atoms with Crippen molar-refractivity contribution in [2.24, 2.45) is 5.92 Å². The van der Waals surface area contributed by atoms with Crippen LogP contribution in [0, 0.1) is 17.2 Å². The summed E-state index contributed by atoms with van der Waals surface area (Å²) in [4.78, 5) is 21.1. The van der Waals surface area contributed by atoms with Gasteiger partial charge >= 0.3 is 0 Å². The lowest BCUT2D eigenvalue weighted by molar-refractivity contribution is -0.292. The van der Waals surface area contributed by atoms with Crippen LogP contribution in [-0.4, -0.2) is 25.2 Å². The number of rotatable bonds is 6. The van der Waals surface area contributed by atoms with Gasteiger partial charge in [-0.1, -0.05) is 12.8 Å². The van der Waals surface area contributed by atoms with E-state index >= 15 is 0 Å². The third kappa shape index (κ3) is 4.17. The standard InChI is InChI=1S/C11H18N2O3/c1-2-15-16-8-10(7-12)13-11(14)9-5-3-4-6-9/h9-10H,2-6,8H2,1H3,(H,13,14). The molecule has 1 atom stereocenters. The topological polar surface area (TPSA) is 71.3 Å². The maximum Gasteiger partial charge on any atom is 0.224 e. The van der Waals surface area contributed by atoms with Crippen molar-refractivity contribution in [3.63, 3.8) is 0 Å². The van der Waals surface area contributed by atoms with Gasteiger partial charge < -0.3 is 5.32 Å². The molecule has 1 aliphatic rings. The quantitative estimate of drug-likeness (QED) is 0.419. The molecule has 0 saturated heterocycles. The highest BCUT2D eigenvalue weighted by molar-refractivity contribution is 5.79. The fourth-order valence-corrected chi connectivity index (χ4v) is 1.79. The van der Waals surface area contributed by atoms with Gasteiger partial charge in [0.15, 0.2) is 0 Å². The molecule has 1 fully saturated rings. The number of nitrogens with one attached hydrogen (secondary N) is 1. The number of amides is 1. The molecule has 1 aliphatic carbocycles. The molecule has 0 aliphatic heterocycles. The van der Waals surface area contributed by atoms with Crippen molar-refractivity contribution in [1.29, 1.82) is 5.26 Å². The monoisotopic (exact) mass is 226 g/mol. The Bertz CT molecular complexity index is 256. The molecule has 0 aromatic heterocycles. The van der Waals surface area contributed by atoms with Crippen molar-refractivity contribution in [3.8, 4) is 6.07 Å². The second-order valence-corrected chi connectivity index (χ2v) is 3.86. The first-order valence-electron chi connectivity index (χ1n) is 5.72. The molecule has 5 heteroatoms. The fraction of sp³-hybridized carbons (Fsp3) is 0.818. The normalized spacial score (nSPS) is 18.0. The molecule has 1 unspecified atom stereocenters. The van der Waals surface area contributed by atoms with Crippen LogP contribution in [0.4, 0.5) is 0 Å². The third-order valence-corrected chi connectivity index (χ3v) is 2.63. The van der Waals surface area contributed by atoms with Gasteiger partial charge in [-0.15, -0.1) is 0 Å². The van der Waals surface area contributed by atoms with Gasteiger partial charge in [-0.05, 0) is 19.8 Å². The Kier molecular flexibility index (Phi) is 5.83. The Balaban J connectivity index is 2.26. The number of carbonyl (C=O) groups is 1. The Labute approximate surface area is 95.6 Å². The molecule has 90 valence electrons. The summed E-state index contributed by atoms with van der Waals surface area (Å²) in [6, 6.07) is 1.35. The van der Waals surface area contributed by atoms with Crippen molar-refractivity contribution in [3.05, 3.63) is 0 Å². The lowest BCUT2D eigenvalue weighted by atomic mass is 10.1. The van der Waals surface area contributed by atoms with Gasteiger partial charge in [0.1, 0.15) is 12.6 Å². The van der Waals surface area contributed by atoms with Gasteiger partial charge in [0.25, 0.3) is 0 Å². The van der Waals surface area contributed by atoms with E-state index in [1.165, 1.54) is 0 Å². The summed E-state index contributed by atoms with van der Waals surface area (Å²) in [7, 11) is 0. The molecule has 1 rings (SSSR count). The molecule has 0 spiro atoms. The minimum Gasteiger partial charge on any atom is -0.338 e. The first-order valence-corrected chi connectivity index (χ1v) is 5.72. The van der Waals surface area contributed by atoms with E-state index in [-0.39, 0.29) is 18.4 Å². The second kappa shape index (κ2) is 7.20. The van der Waals surface area contributed by atoms with Crippen LogP contribution in [0.15, 0.2) is 0 Å². The highest BCUT2D eigenvalue weighted by Gasteiger charge is 2.24. The number of carbonyl (C=O) groups excluding carboxylic acids is 1. The molecule has 5 nitrogen and oxygen atoms in total. The average Bonchev–Trinajstić information content (AvgIpc) is 2.81. The maximum atomic E-state index is 11.7. The predicted molar refractivity (Wildman–Crippen MR) is 57.1 cm³/mol. The van der Waals surface area contributed by atoms with Gasteiger partial charge in [-0.3, -0.25) is 4.79 Å². The largest absolute Gasteiger partial charge is 0.338 e. The van der Waals surface area contributed by atoms with Crippen LogP contribution in [-0.2, 0) is 14.6 Å². The average molecular weight is 226 g/mol. The number of nitrogens with zero attached hydrogens (tertiary/aromatic N) is 1. The van der Waals surface area contributed by atoms with Crippen LogP contribution < -0.4 is 5.32 Å². The van der Waals surface area contributed by atoms with Crippen molar-refractivity contribution in [1.82, 2.24) is 5.32 Å². The summed E-state index contributed by atoms with van der Waals surface area (Å²) in [6.45, 7) is 2.29. The van der Waals surface area contributed by atoms with Gasteiger partial charge in [0.2, 0.25) is 5.91 Å². The Morgan fingerprint density at radius 3 is 2.75 bits per heavy atom. The second-order valence-electron chi connectivity index (χ2n) is 3.86. The highest BCUT2D eigenvalue weighted by atomic mass is 17.2. The lowest BCUT2D eigenvalue weighted by Crippen LogP contribution is -2.40. The van der Waals surface area contributed by atoms with E-state index < -0.39 is 6.04 Å². The molecule has 1 N–H and O–H groups in total. The molecule has 0 bridgehead atoms. The lowest BCUT2D eigenvalue weighted by Gasteiger charge is -2.14. The van der Waals surface area contributed by atoms with Crippen molar-refractivity contribution < 1.29 is 14.6 Å². The summed E-state index contributed by atoms with van der Waals surface area (Å²) in [5.41, 5.74) is 0. The zero-order chi connectivity index (χ0) is 11.8. The van der Waals surface area contributed by atoms with E-state index in [9.17, 15) is 4.79 Å². The highest BCUT2D eigenvalue weighted by Crippen LogP contribution is 2.24. The first-order chi connectivity index (χ1) is 7.77. The van der Waals surface area contributed by atoms with E-state index in [1.54, 1.807) is 6.92 Å². The Morgan fingerprint density at radius 2 is 2.19 bits per heavy atom. The van der Waals surface area contributed by atoms with Gasteiger partial charge in [-0.2, -0.15) is 5.26 Å². The summed E-state index contributed by atoms with van der Waals surface area (Å²) < 4.78 is 0. The molecule has 0 heterocycles. The van der Waals surface area contributed by atoms with Gasteiger partial charge in [0.05, 0.1) is 12.7 Å². The summed E-state index contributed by atoms with van der Waals surface area (Å²) in [5.74, 6) is 0.0343. The van der Waals surface area contributed by atoms with Crippen LogP contribution in [0.5, 0.6) is 0 Å². The molecule has 1 amide bonds. The van der Waals surface area contributed by atoms with E-state index in [2.05, 4.69) is 10.2 Å². The SMILES string of the molecule is CCOOCC(C#N)NC(=O)C1CCCC1. The van der Waals surface area contributed by atoms with Crippen molar-refractivity contribution >= 4 is 5.91 Å². The minimum atomic E-state index is -0.625. The zero-order valence-corrected chi connectivity index (χ0v) is 9.57. The predicted octanol–water partition coefficient (Wildman–Crippen LogP) is 1.15. The smallest absolute Gasteiger partial charge is 0.224 e. The molecule has 16 heavy (non-hydrogen) atoms. The van der Waals surface area contributed by atoms with Crippen LogP contribution in [0.3, 0.4) is 0 Å². The van der Waals surface area contributed by atoms with Crippen LogP contribution in [0.1, 0.15) is 32.6 Å². The maximum absolute atomic E-state index is 11.7. The van der Waals surface area contributed by atoms with Gasteiger partial charge in [0, 0.05) is 5.92 Å². The number of hydrogen-bond donors (Lipinski definition) is 1. The third-order valence-electron chi connectivity index (χ3n) is 2.63. The Morgan fingerprint density at radius 1 is 1.50 bits per heavy atom. The molecule has 0 aromatic carbocycles.